The van der Waals surface area contributed by atoms with E-state index in [2.05, 4.69) is 20.9 Å². The molecule has 2 rings (SSSR count). The van der Waals surface area contributed by atoms with E-state index in [9.17, 15) is 4.79 Å². The molecule has 2 aromatic heterocycles. The number of hydrogen-bond acceptors (Lipinski definition) is 2. The van der Waals surface area contributed by atoms with Gasteiger partial charge in [-0.1, -0.05) is 0 Å². The molecule has 0 amide bonds. The van der Waals surface area contributed by atoms with Gasteiger partial charge in [-0.3, -0.25) is 0 Å². The molecule has 0 saturated heterocycles. The molecule has 92 valence electrons. The summed E-state index contributed by atoms with van der Waals surface area (Å²) in [5, 5.41) is 0. The van der Waals surface area contributed by atoms with Crippen LogP contribution in [-0.4, -0.2) is 34.5 Å². The van der Waals surface area contributed by atoms with Crippen molar-refractivity contribution in [1.29, 1.82) is 0 Å². The third kappa shape index (κ3) is 2.28. The predicted molar refractivity (Wildman–Crippen MR) is 71.6 cm³/mol. The van der Waals surface area contributed by atoms with E-state index >= 15 is 0 Å². The number of rotatable bonds is 3. The molecule has 17 heavy (non-hydrogen) atoms. The summed E-state index contributed by atoms with van der Waals surface area (Å²) in [5.41, 5.74) is 1.02. The first-order valence-corrected chi connectivity index (χ1v) is 15.6. The quantitative estimate of drug-likeness (QED) is 0.788. The van der Waals surface area contributed by atoms with E-state index in [0.29, 0.717) is 6.73 Å². The number of fused-ring (bicyclic) bond motifs is 1. The van der Waals surface area contributed by atoms with Gasteiger partial charge in [0, 0.05) is 0 Å². The molecule has 2 aromatic rings. The Morgan fingerprint density at radius 2 is 1.94 bits per heavy atom. The molecule has 0 radical (unpaired) electrons. The second-order valence-electron chi connectivity index (χ2n) is 5.22. The number of hydrogen-bond donors (Lipinski definition) is 0. The molecule has 4 nitrogen and oxygen atoms in total. The van der Waals surface area contributed by atoms with Gasteiger partial charge in [-0.05, 0) is 0 Å². The molecule has 0 aliphatic heterocycles. The third-order valence-electron chi connectivity index (χ3n) is 2.87. The fourth-order valence-electron chi connectivity index (χ4n) is 2.02. The summed E-state index contributed by atoms with van der Waals surface area (Å²) in [6, 6.07) is 4.11. The fourth-order valence-corrected chi connectivity index (χ4v) is 6.43. The van der Waals surface area contributed by atoms with Gasteiger partial charge in [-0.25, -0.2) is 0 Å². The Hall–Kier alpha value is -0.751. The normalized spacial score (nSPS) is 12.2. The van der Waals surface area contributed by atoms with E-state index in [4.69, 9.17) is 4.74 Å². The van der Waals surface area contributed by atoms with Crippen molar-refractivity contribution in [2.45, 2.75) is 21.5 Å². The molecule has 0 fully saturated rings. The first-order valence-electron chi connectivity index (χ1n) is 5.65. The van der Waals surface area contributed by atoms with E-state index in [1.54, 1.807) is 16.1 Å². The number of aromatic nitrogens is 2. The Bertz CT molecular complexity index is 593. The molecule has 0 bridgehead atoms. The van der Waals surface area contributed by atoms with Crippen LogP contribution in [-0.2, 0) is 11.5 Å². The maximum atomic E-state index is 12.1. The van der Waals surface area contributed by atoms with Crippen LogP contribution in [0, 0.1) is 0 Å². The first-order chi connectivity index (χ1) is 7.95. The van der Waals surface area contributed by atoms with Crippen LogP contribution in [0.25, 0.3) is 5.52 Å². The maximum absolute atomic E-state index is 12.1. The van der Waals surface area contributed by atoms with Gasteiger partial charge in [0.05, 0.1) is 0 Å². The summed E-state index contributed by atoms with van der Waals surface area (Å²) in [6.45, 7) is 0.293. The Kier molecular flexibility index (Phi) is 3.36. The van der Waals surface area contributed by atoms with Gasteiger partial charge in [-0.2, -0.15) is 0 Å². The van der Waals surface area contributed by atoms with Crippen molar-refractivity contribution in [1.82, 2.24) is 8.97 Å². The number of nitrogens with zero attached hydrogens (tertiary/aromatic N) is 2. The number of ether oxygens (including phenoxy) is 1. The monoisotopic (exact) mass is 342 g/mol. The van der Waals surface area contributed by atoms with E-state index in [0.717, 1.165) is 5.52 Å². The first kappa shape index (κ1) is 12.7. The molecule has 0 N–H and O–H groups in total. The summed E-state index contributed by atoms with van der Waals surface area (Å²) >= 11 is -2.14. The molecule has 0 aliphatic carbocycles. The van der Waals surface area contributed by atoms with Gasteiger partial charge in [0.1, 0.15) is 0 Å². The van der Waals surface area contributed by atoms with E-state index in [1.165, 1.54) is 3.58 Å². The Morgan fingerprint density at radius 1 is 1.24 bits per heavy atom. The minimum absolute atomic E-state index is 0.0360. The molecule has 2 heterocycles. The van der Waals surface area contributed by atoms with Crippen molar-refractivity contribution in [3.63, 3.8) is 0 Å². The average molecular weight is 341 g/mol. The molecule has 0 saturated carbocycles. The van der Waals surface area contributed by atoms with Crippen molar-refractivity contribution >= 4 is 27.5 Å². The minimum atomic E-state index is -2.14. The third-order valence-corrected chi connectivity index (χ3v) is 8.69. The van der Waals surface area contributed by atoms with Gasteiger partial charge in [0.15, 0.2) is 0 Å². The number of methoxy groups -OCH3 is 1. The van der Waals surface area contributed by atoms with Crippen LogP contribution < -0.4 is 9.27 Å². The van der Waals surface area contributed by atoms with E-state index < -0.39 is 18.4 Å². The Morgan fingerprint density at radius 3 is 2.53 bits per heavy atom. The standard InChI is InChI=1S/C9H9N2O2.3CH3.Sn/c1-13-7-10-6-4-8-3-2-5-11(8)9(10)12;;;;/h2,4-6H,7H2,1H3;3*1H3;. The van der Waals surface area contributed by atoms with Crippen molar-refractivity contribution < 1.29 is 4.74 Å². The van der Waals surface area contributed by atoms with Gasteiger partial charge >= 0.3 is 105 Å². The predicted octanol–water partition coefficient (Wildman–Crippen LogP) is 1.25. The summed E-state index contributed by atoms with van der Waals surface area (Å²) in [7, 11) is 1.59. The van der Waals surface area contributed by atoms with Crippen molar-refractivity contribution in [3.8, 4) is 0 Å². The molecule has 5 heteroatoms. The van der Waals surface area contributed by atoms with Gasteiger partial charge < -0.3 is 0 Å². The SMILES string of the molecule is COCn1ccc2[c]([Sn]([CH3])([CH3])[CH3])ccn2c1=O. The zero-order valence-electron chi connectivity index (χ0n) is 10.7. The van der Waals surface area contributed by atoms with Crippen LogP contribution in [0.5, 0.6) is 0 Å². The second-order valence-corrected chi connectivity index (χ2v) is 19.6. The van der Waals surface area contributed by atoms with Crippen LogP contribution in [0.2, 0.25) is 14.8 Å². The zero-order chi connectivity index (χ0) is 12.6. The summed E-state index contributed by atoms with van der Waals surface area (Å²) in [6.07, 6.45) is 3.68. The fraction of sp³-hybridized carbons (Fsp3) is 0.417. The topological polar surface area (TPSA) is 35.6 Å². The molecular weight excluding hydrogens is 323 g/mol. The Labute approximate surface area is 105 Å². The second kappa shape index (κ2) is 4.49. The van der Waals surface area contributed by atoms with E-state index in [1.807, 2.05) is 18.5 Å². The van der Waals surface area contributed by atoms with Crippen LogP contribution >= 0.6 is 0 Å². The van der Waals surface area contributed by atoms with Crippen LogP contribution in [0.3, 0.4) is 0 Å². The summed E-state index contributed by atoms with van der Waals surface area (Å²) < 4.78 is 9.67. The molecule has 0 unspecified atom stereocenters. The molecule has 0 aliphatic rings. The zero-order valence-corrected chi connectivity index (χ0v) is 13.6. The van der Waals surface area contributed by atoms with Gasteiger partial charge in [0.2, 0.25) is 0 Å². The molecule has 0 aromatic carbocycles. The average Bonchev–Trinajstić information content (AvgIpc) is 2.66. The van der Waals surface area contributed by atoms with Crippen LogP contribution in [0.15, 0.2) is 29.3 Å². The van der Waals surface area contributed by atoms with Crippen molar-refractivity contribution in [2.24, 2.45) is 0 Å². The van der Waals surface area contributed by atoms with Crippen molar-refractivity contribution in [2.75, 3.05) is 7.11 Å². The van der Waals surface area contributed by atoms with Crippen molar-refractivity contribution in [3.05, 3.63) is 35.0 Å². The Balaban J connectivity index is 2.67. The molecule has 0 spiro atoms. The van der Waals surface area contributed by atoms with Crippen LogP contribution in [0.1, 0.15) is 0 Å². The molecular formula is C12H18N2O2Sn. The van der Waals surface area contributed by atoms with Gasteiger partial charge in [-0.15, -0.1) is 0 Å². The summed E-state index contributed by atoms with van der Waals surface area (Å²) in [4.78, 5) is 19.2. The van der Waals surface area contributed by atoms with Crippen LogP contribution in [0.4, 0.5) is 0 Å². The van der Waals surface area contributed by atoms with Gasteiger partial charge in [0.25, 0.3) is 0 Å². The van der Waals surface area contributed by atoms with E-state index in [-0.39, 0.29) is 5.69 Å². The summed E-state index contributed by atoms with van der Waals surface area (Å²) in [5.74, 6) is 0. The molecule has 0 atom stereocenters.